The second-order valence-corrected chi connectivity index (χ2v) is 4.40. The molecule has 0 spiro atoms. The number of rotatable bonds is 0. The van der Waals surface area contributed by atoms with Gasteiger partial charge in [0.2, 0.25) is 0 Å². The summed E-state index contributed by atoms with van der Waals surface area (Å²) < 4.78 is -0.846. The van der Waals surface area contributed by atoms with Crippen molar-refractivity contribution in [3.63, 3.8) is 0 Å². The van der Waals surface area contributed by atoms with Gasteiger partial charge in [0.1, 0.15) is 4.51 Å². The molecule has 1 N–H and O–H groups in total. The van der Waals surface area contributed by atoms with Crippen LogP contribution in [0.1, 0.15) is 11.1 Å². The number of halogens is 1. The topological polar surface area (TPSA) is 20.2 Å². The number of hydrogen-bond donors (Lipinski definition) is 1. The zero-order valence-electron chi connectivity index (χ0n) is 6.50. The lowest BCUT2D eigenvalue weighted by Gasteiger charge is -2.22. The molecule has 2 rings (SSSR count). The molecule has 12 heavy (non-hydrogen) atoms. The summed E-state index contributed by atoms with van der Waals surface area (Å²) in [6.45, 7) is 0. The highest BCUT2D eigenvalue weighted by atomic mass is 79.9. The van der Waals surface area contributed by atoms with Crippen LogP contribution in [-0.4, -0.2) is 9.62 Å². The Kier molecular flexibility index (Phi) is 1.81. The third-order valence-electron chi connectivity index (χ3n) is 2.01. The van der Waals surface area contributed by atoms with Crippen LogP contribution < -0.4 is 0 Å². The number of alkyl halides is 1. The van der Waals surface area contributed by atoms with E-state index in [4.69, 9.17) is 0 Å². The van der Waals surface area contributed by atoms with Gasteiger partial charge in [0.25, 0.3) is 0 Å². The molecule has 0 bridgehead atoms. The average Bonchev–Trinajstić information content (AvgIpc) is 2.02. The van der Waals surface area contributed by atoms with Crippen LogP contribution in [0.2, 0.25) is 0 Å². The van der Waals surface area contributed by atoms with Crippen LogP contribution in [0.4, 0.5) is 0 Å². The molecule has 0 aliphatic heterocycles. The molecular weight excluding hydrogens is 216 g/mol. The summed E-state index contributed by atoms with van der Waals surface area (Å²) in [6, 6.07) is 8.07. The lowest BCUT2D eigenvalue weighted by molar-refractivity contribution is 0.195. The van der Waals surface area contributed by atoms with E-state index >= 15 is 0 Å². The Morgan fingerprint density at radius 1 is 1.33 bits per heavy atom. The molecule has 62 valence electrons. The number of benzene rings is 1. The number of fused-ring (bicyclic) bond motifs is 1. The summed E-state index contributed by atoms with van der Waals surface area (Å²) in [5, 5.41) is 9.65. The Morgan fingerprint density at radius 2 is 2.08 bits per heavy atom. The van der Waals surface area contributed by atoms with Crippen molar-refractivity contribution < 1.29 is 5.11 Å². The smallest absolute Gasteiger partial charge is 0.142 e. The van der Waals surface area contributed by atoms with Gasteiger partial charge in [-0.25, -0.2) is 0 Å². The van der Waals surface area contributed by atoms with E-state index in [1.54, 1.807) is 6.08 Å². The van der Waals surface area contributed by atoms with Crippen molar-refractivity contribution in [3.05, 3.63) is 41.5 Å². The van der Waals surface area contributed by atoms with Crippen LogP contribution in [-0.2, 0) is 6.42 Å². The Balaban J connectivity index is 2.46. The minimum absolute atomic E-state index is 0.639. The van der Waals surface area contributed by atoms with Crippen LogP contribution >= 0.6 is 15.9 Å². The first-order valence-corrected chi connectivity index (χ1v) is 4.65. The first-order chi connectivity index (χ1) is 5.67. The molecule has 0 saturated heterocycles. The zero-order valence-corrected chi connectivity index (χ0v) is 8.08. The summed E-state index contributed by atoms with van der Waals surface area (Å²) in [5.41, 5.74) is 2.38. The molecular formula is C10H9BrO. The van der Waals surface area contributed by atoms with Gasteiger partial charge in [-0.15, -0.1) is 0 Å². The monoisotopic (exact) mass is 224 g/mol. The van der Waals surface area contributed by atoms with Crippen molar-refractivity contribution in [2.45, 2.75) is 10.9 Å². The third-order valence-corrected chi connectivity index (χ3v) is 2.56. The maximum absolute atomic E-state index is 9.65. The molecule has 0 heterocycles. The van der Waals surface area contributed by atoms with Crippen molar-refractivity contribution in [1.29, 1.82) is 0 Å². The van der Waals surface area contributed by atoms with Gasteiger partial charge in [-0.3, -0.25) is 0 Å². The maximum Gasteiger partial charge on any atom is 0.142 e. The molecule has 0 fully saturated rings. The SMILES string of the molecule is OC1(Br)C=Cc2ccccc2C1. The quantitative estimate of drug-likeness (QED) is 0.672. The fraction of sp³-hybridized carbons (Fsp3) is 0.200. The first-order valence-electron chi connectivity index (χ1n) is 3.86. The Bertz CT molecular complexity index is 328. The van der Waals surface area contributed by atoms with Crippen molar-refractivity contribution in [2.75, 3.05) is 0 Å². The second kappa shape index (κ2) is 2.71. The summed E-state index contributed by atoms with van der Waals surface area (Å²) >= 11 is 3.23. The molecule has 0 radical (unpaired) electrons. The van der Waals surface area contributed by atoms with E-state index in [0.29, 0.717) is 6.42 Å². The van der Waals surface area contributed by atoms with E-state index in [1.165, 1.54) is 11.1 Å². The molecule has 1 atom stereocenters. The Morgan fingerprint density at radius 3 is 2.92 bits per heavy atom. The van der Waals surface area contributed by atoms with Crippen LogP contribution in [0, 0.1) is 0 Å². The van der Waals surface area contributed by atoms with E-state index in [9.17, 15) is 5.11 Å². The maximum atomic E-state index is 9.65. The van der Waals surface area contributed by atoms with Crippen LogP contribution in [0.5, 0.6) is 0 Å². The van der Waals surface area contributed by atoms with E-state index in [1.807, 2.05) is 30.3 Å². The van der Waals surface area contributed by atoms with Crippen molar-refractivity contribution in [1.82, 2.24) is 0 Å². The highest BCUT2D eigenvalue weighted by Gasteiger charge is 2.23. The molecule has 2 heteroatoms. The highest BCUT2D eigenvalue weighted by molar-refractivity contribution is 9.10. The minimum Gasteiger partial charge on any atom is -0.375 e. The molecule has 1 aliphatic rings. The van der Waals surface area contributed by atoms with Gasteiger partial charge in [0.05, 0.1) is 0 Å². The van der Waals surface area contributed by atoms with Crippen molar-refractivity contribution in [2.24, 2.45) is 0 Å². The molecule has 1 unspecified atom stereocenters. The van der Waals surface area contributed by atoms with Gasteiger partial charge < -0.3 is 5.11 Å². The summed E-state index contributed by atoms with van der Waals surface area (Å²) in [5.74, 6) is 0. The van der Waals surface area contributed by atoms with E-state index < -0.39 is 4.51 Å². The van der Waals surface area contributed by atoms with Gasteiger partial charge in [0, 0.05) is 6.42 Å². The zero-order chi connectivity index (χ0) is 8.60. The average molecular weight is 225 g/mol. The van der Waals surface area contributed by atoms with Gasteiger partial charge in [-0.2, -0.15) is 0 Å². The highest BCUT2D eigenvalue weighted by Crippen LogP contribution is 2.29. The molecule has 1 aromatic carbocycles. The van der Waals surface area contributed by atoms with E-state index in [2.05, 4.69) is 15.9 Å². The summed E-state index contributed by atoms with van der Waals surface area (Å²) in [4.78, 5) is 0. The predicted molar refractivity (Wildman–Crippen MR) is 53.1 cm³/mol. The molecule has 0 amide bonds. The fourth-order valence-corrected chi connectivity index (χ4v) is 1.84. The lowest BCUT2D eigenvalue weighted by atomic mass is 9.96. The summed E-state index contributed by atoms with van der Waals surface area (Å²) in [7, 11) is 0. The molecule has 1 aromatic rings. The number of hydrogen-bond acceptors (Lipinski definition) is 1. The van der Waals surface area contributed by atoms with Gasteiger partial charge in [0.15, 0.2) is 0 Å². The predicted octanol–water partition coefficient (Wildman–Crippen LogP) is 2.34. The molecule has 0 saturated carbocycles. The Labute approximate surface area is 79.9 Å². The van der Waals surface area contributed by atoms with Gasteiger partial charge in [-0.05, 0) is 33.1 Å². The lowest BCUT2D eigenvalue weighted by Crippen LogP contribution is -2.22. The minimum atomic E-state index is -0.846. The van der Waals surface area contributed by atoms with Crippen LogP contribution in [0.3, 0.4) is 0 Å². The second-order valence-electron chi connectivity index (χ2n) is 3.03. The molecule has 1 aliphatic carbocycles. The first kappa shape index (κ1) is 8.02. The molecule has 0 aromatic heterocycles. The Hall–Kier alpha value is -0.600. The van der Waals surface area contributed by atoms with Gasteiger partial charge in [-0.1, -0.05) is 30.3 Å². The third kappa shape index (κ3) is 1.45. The van der Waals surface area contributed by atoms with E-state index in [-0.39, 0.29) is 0 Å². The van der Waals surface area contributed by atoms with Crippen molar-refractivity contribution in [3.8, 4) is 0 Å². The standard InChI is InChI=1S/C10H9BrO/c11-10(12)6-5-8-3-1-2-4-9(8)7-10/h1-6,12H,7H2. The van der Waals surface area contributed by atoms with Crippen LogP contribution in [0.25, 0.3) is 6.08 Å². The number of aliphatic hydroxyl groups is 1. The van der Waals surface area contributed by atoms with E-state index in [0.717, 1.165) is 0 Å². The fourth-order valence-electron chi connectivity index (χ4n) is 1.40. The molecule has 1 nitrogen and oxygen atoms in total. The largest absolute Gasteiger partial charge is 0.375 e. The van der Waals surface area contributed by atoms with Crippen molar-refractivity contribution >= 4 is 22.0 Å². The summed E-state index contributed by atoms with van der Waals surface area (Å²) in [6.07, 6.45) is 4.35. The normalized spacial score (nSPS) is 26.8. The van der Waals surface area contributed by atoms with Crippen LogP contribution in [0.15, 0.2) is 30.3 Å². The van der Waals surface area contributed by atoms with Gasteiger partial charge >= 0.3 is 0 Å².